The van der Waals surface area contributed by atoms with Gasteiger partial charge in [-0.05, 0) is 43.8 Å². The van der Waals surface area contributed by atoms with Crippen LogP contribution in [-0.4, -0.2) is 31.3 Å². The first-order chi connectivity index (χ1) is 8.70. The monoisotopic (exact) mass is 320 g/mol. The maximum atomic E-state index is 12.2. The molecule has 1 aromatic rings. The smallest absolute Gasteiger partial charge is 0.253 e. The molecule has 0 saturated carbocycles. The first kappa shape index (κ1) is 16.6. The fourth-order valence-electron chi connectivity index (χ4n) is 2.04. The van der Waals surface area contributed by atoms with E-state index in [9.17, 15) is 4.79 Å². The van der Waals surface area contributed by atoms with Gasteiger partial charge in [-0.15, -0.1) is 24.2 Å². The van der Waals surface area contributed by atoms with Crippen LogP contribution in [0.3, 0.4) is 0 Å². The van der Waals surface area contributed by atoms with Crippen molar-refractivity contribution in [2.24, 2.45) is 0 Å². The second kappa shape index (κ2) is 8.00. The Morgan fingerprint density at radius 2 is 2.32 bits per heavy atom. The molecule has 1 aromatic carbocycles. The molecule has 2 N–H and O–H groups in total. The molecule has 1 aliphatic heterocycles. The van der Waals surface area contributed by atoms with Gasteiger partial charge < -0.3 is 10.6 Å². The minimum Gasteiger partial charge on any atom is -0.348 e. The number of thioether (sulfide) groups is 1. The van der Waals surface area contributed by atoms with Crippen LogP contribution in [0.5, 0.6) is 0 Å². The van der Waals surface area contributed by atoms with E-state index in [2.05, 4.69) is 10.6 Å². The summed E-state index contributed by atoms with van der Waals surface area (Å²) in [6.45, 7) is 1.88. The Bertz CT molecular complexity index is 437. The largest absolute Gasteiger partial charge is 0.348 e. The Kier molecular flexibility index (Phi) is 7.00. The number of hydrogen-bond donors (Lipinski definition) is 2. The molecule has 0 spiro atoms. The molecule has 1 atom stereocenters. The van der Waals surface area contributed by atoms with Crippen molar-refractivity contribution in [2.45, 2.75) is 23.8 Å². The number of amides is 1. The maximum absolute atomic E-state index is 12.2. The summed E-state index contributed by atoms with van der Waals surface area (Å²) in [7, 11) is 0. The molecule has 106 valence electrons. The highest BCUT2D eigenvalue weighted by Crippen LogP contribution is 2.23. The van der Waals surface area contributed by atoms with Crippen molar-refractivity contribution in [3.8, 4) is 0 Å². The summed E-state index contributed by atoms with van der Waals surface area (Å²) in [5.74, 6) is -0.0791. The Morgan fingerprint density at radius 1 is 1.53 bits per heavy atom. The predicted octanol–water partition coefficient (Wildman–Crippen LogP) is 2.97. The third kappa shape index (κ3) is 4.56. The first-order valence-electron chi connectivity index (χ1n) is 6.06. The van der Waals surface area contributed by atoms with Gasteiger partial charge in [-0.3, -0.25) is 4.79 Å². The van der Waals surface area contributed by atoms with Crippen molar-refractivity contribution in [1.82, 2.24) is 10.6 Å². The average molecular weight is 321 g/mol. The standard InChI is InChI=1S/C13H17ClN2OS.ClH/c1-18-10-4-5-12(14)11(7-10)13(17)16-9-3-2-6-15-8-9;/h4-5,7,9,15H,2-3,6,8H2,1H3,(H,16,17);1H/t9-;/m1./s1. The van der Waals surface area contributed by atoms with Crippen molar-refractivity contribution in [3.05, 3.63) is 28.8 Å². The number of rotatable bonds is 3. The van der Waals surface area contributed by atoms with Gasteiger partial charge in [0.25, 0.3) is 5.91 Å². The first-order valence-corrected chi connectivity index (χ1v) is 7.66. The van der Waals surface area contributed by atoms with Crippen LogP contribution in [0, 0.1) is 0 Å². The molecule has 0 unspecified atom stereocenters. The topological polar surface area (TPSA) is 41.1 Å². The van der Waals surface area contributed by atoms with Crippen molar-refractivity contribution in [2.75, 3.05) is 19.3 Å². The SMILES string of the molecule is CSc1ccc(Cl)c(C(=O)N[C@@H]2CCCNC2)c1.Cl. The lowest BCUT2D eigenvalue weighted by Crippen LogP contribution is -2.45. The molecule has 1 aliphatic rings. The van der Waals surface area contributed by atoms with Crippen molar-refractivity contribution in [1.29, 1.82) is 0 Å². The molecule has 0 bridgehead atoms. The predicted molar refractivity (Wildman–Crippen MR) is 83.8 cm³/mol. The van der Waals surface area contributed by atoms with Gasteiger partial charge in [0.15, 0.2) is 0 Å². The molecule has 0 aliphatic carbocycles. The Morgan fingerprint density at radius 3 is 2.95 bits per heavy atom. The fraction of sp³-hybridized carbons (Fsp3) is 0.462. The van der Waals surface area contributed by atoms with Crippen LogP contribution < -0.4 is 10.6 Å². The molecule has 1 fully saturated rings. The van der Waals surface area contributed by atoms with E-state index >= 15 is 0 Å². The highest BCUT2D eigenvalue weighted by Gasteiger charge is 2.18. The second-order valence-corrected chi connectivity index (χ2v) is 5.65. The molecule has 1 heterocycles. The van der Waals surface area contributed by atoms with Crippen LogP contribution in [0.1, 0.15) is 23.2 Å². The molecule has 3 nitrogen and oxygen atoms in total. The number of carbonyl (C=O) groups excluding carboxylic acids is 1. The summed E-state index contributed by atoms with van der Waals surface area (Å²) >= 11 is 7.68. The summed E-state index contributed by atoms with van der Waals surface area (Å²) in [5, 5.41) is 6.82. The highest BCUT2D eigenvalue weighted by atomic mass is 35.5. The third-order valence-electron chi connectivity index (χ3n) is 3.05. The molecule has 2 rings (SSSR count). The molecule has 1 amide bonds. The van der Waals surface area contributed by atoms with E-state index in [1.165, 1.54) is 0 Å². The van der Waals surface area contributed by atoms with Gasteiger partial charge in [0.1, 0.15) is 0 Å². The summed E-state index contributed by atoms with van der Waals surface area (Å²) in [6.07, 6.45) is 4.11. The number of halogens is 2. The Labute approximate surface area is 129 Å². The van der Waals surface area contributed by atoms with E-state index in [1.54, 1.807) is 17.8 Å². The van der Waals surface area contributed by atoms with Crippen LogP contribution >= 0.6 is 35.8 Å². The molecular formula is C13H18Cl2N2OS. The maximum Gasteiger partial charge on any atom is 0.253 e. The van der Waals surface area contributed by atoms with Crippen LogP contribution in [-0.2, 0) is 0 Å². The Hall–Kier alpha value is -0.420. The Balaban J connectivity index is 0.00000180. The lowest BCUT2D eigenvalue weighted by Gasteiger charge is -2.24. The van der Waals surface area contributed by atoms with Gasteiger partial charge in [0, 0.05) is 17.5 Å². The highest BCUT2D eigenvalue weighted by molar-refractivity contribution is 7.98. The fourth-order valence-corrected chi connectivity index (χ4v) is 2.69. The van der Waals surface area contributed by atoms with Crippen LogP contribution in [0.4, 0.5) is 0 Å². The van der Waals surface area contributed by atoms with E-state index in [0.717, 1.165) is 30.8 Å². The molecule has 0 aromatic heterocycles. The van der Waals surface area contributed by atoms with Gasteiger partial charge in [0.2, 0.25) is 0 Å². The van der Waals surface area contributed by atoms with Crippen LogP contribution in [0.15, 0.2) is 23.1 Å². The van der Waals surface area contributed by atoms with E-state index in [0.29, 0.717) is 10.6 Å². The van der Waals surface area contributed by atoms with Gasteiger partial charge in [-0.25, -0.2) is 0 Å². The summed E-state index contributed by atoms with van der Waals surface area (Å²) in [6, 6.07) is 5.76. The van der Waals surface area contributed by atoms with E-state index in [4.69, 9.17) is 11.6 Å². The summed E-state index contributed by atoms with van der Waals surface area (Å²) in [4.78, 5) is 13.2. The minimum atomic E-state index is -0.0791. The zero-order valence-corrected chi connectivity index (χ0v) is 13.1. The van der Waals surface area contributed by atoms with E-state index in [-0.39, 0.29) is 24.4 Å². The summed E-state index contributed by atoms with van der Waals surface area (Å²) in [5.41, 5.74) is 0.564. The van der Waals surface area contributed by atoms with Gasteiger partial charge in [0.05, 0.1) is 10.6 Å². The van der Waals surface area contributed by atoms with Crippen LogP contribution in [0.25, 0.3) is 0 Å². The second-order valence-electron chi connectivity index (χ2n) is 4.36. The number of nitrogens with one attached hydrogen (secondary N) is 2. The molecule has 0 radical (unpaired) electrons. The van der Waals surface area contributed by atoms with Gasteiger partial charge in [-0.2, -0.15) is 0 Å². The summed E-state index contributed by atoms with van der Waals surface area (Å²) < 4.78 is 0. The number of piperidine rings is 1. The zero-order valence-electron chi connectivity index (χ0n) is 10.7. The molecular weight excluding hydrogens is 303 g/mol. The van der Waals surface area contributed by atoms with E-state index < -0.39 is 0 Å². The lowest BCUT2D eigenvalue weighted by atomic mass is 10.1. The zero-order chi connectivity index (χ0) is 13.0. The van der Waals surface area contributed by atoms with Gasteiger partial charge >= 0.3 is 0 Å². The van der Waals surface area contributed by atoms with Crippen molar-refractivity contribution >= 4 is 41.7 Å². The normalized spacial score (nSPS) is 18.5. The van der Waals surface area contributed by atoms with Crippen molar-refractivity contribution < 1.29 is 4.79 Å². The number of hydrogen-bond acceptors (Lipinski definition) is 3. The average Bonchev–Trinajstić information content (AvgIpc) is 2.40. The van der Waals surface area contributed by atoms with Gasteiger partial charge in [-0.1, -0.05) is 11.6 Å². The molecule has 1 saturated heterocycles. The van der Waals surface area contributed by atoms with E-state index in [1.807, 2.05) is 18.4 Å². The lowest BCUT2D eigenvalue weighted by molar-refractivity contribution is 0.0930. The van der Waals surface area contributed by atoms with Crippen molar-refractivity contribution in [3.63, 3.8) is 0 Å². The number of benzene rings is 1. The molecule has 19 heavy (non-hydrogen) atoms. The van der Waals surface area contributed by atoms with Crippen LogP contribution in [0.2, 0.25) is 5.02 Å². The molecule has 6 heteroatoms. The quantitative estimate of drug-likeness (QED) is 0.841. The third-order valence-corrected chi connectivity index (χ3v) is 4.11. The minimum absolute atomic E-state index is 0. The number of carbonyl (C=O) groups is 1.